The van der Waals surface area contributed by atoms with Crippen LogP contribution in [0.25, 0.3) is 0 Å². The zero-order valence-corrected chi connectivity index (χ0v) is 12.9. The summed E-state index contributed by atoms with van der Waals surface area (Å²) in [6.07, 6.45) is 2.79. The maximum Gasteiger partial charge on any atom is 0.0470 e. The zero-order chi connectivity index (χ0) is 13.1. The Labute approximate surface area is 119 Å². The molecule has 1 atom stereocenters. The maximum absolute atomic E-state index is 6.01. The first-order chi connectivity index (χ1) is 8.65. The molecule has 0 radical (unpaired) electrons. The molecule has 2 nitrogen and oxygen atoms in total. The molecule has 0 bridgehead atoms. The van der Waals surface area contributed by atoms with Gasteiger partial charge in [0.25, 0.3) is 0 Å². The van der Waals surface area contributed by atoms with Gasteiger partial charge >= 0.3 is 0 Å². The fourth-order valence-corrected chi connectivity index (χ4v) is 2.82. The highest BCUT2D eigenvalue weighted by Crippen LogP contribution is 2.33. The molecule has 1 unspecified atom stereocenters. The van der Waals surface area contributed by atoms with Gasteiger partial charge in [0.2, 0.25) is 0 Å². The van der Waals surface area contributed by atoms with Gasteiger partial charge in [-0.15, -0.1) is 0 Å². The Hall–Kier alpha value is -0.380. The van der Waals surface area contributed by atoms with E-state index in [4.69, 9.17) is 5.73 Å². The van der Waals surface area contributed by atoms with Gasteiger partial charge < -0.3 is 5.73 Å². The zero-order valence-electron chi connectivity index (χ0n) is 11.3. The summed E-state index contributed by atoms with van der Waals surface area (Å²) in [7, 11) is 0. The fraction of sp³-hybridized carbons (Fsp3) is 0.600. The Kier molecular flexibility index (Phi) is 4.82. The Balaban J connectivity index is 2.16. The smallest absolute Gasteiger partial charge is 0.0470 e. The summed E-state index contributed by atoms with van der Waals surface area (Å²) in [6, 6.07) is 6.97. The lowest BCUT2D eigenvalue weighted by Crippen LogP contribution is -2.35. The molecule has 0 saturated heterocycles. The normalized spacial score (nSPS) is 17.2. The van der Waals surface area contributed by atoms with Gasteiger partial charge in [0.1, 0.15) is 0 Å². The van der Waals surface area contributed by atoms with E-state index in [1.165, 1.54) is 35.0 Å². The van der Waals surface area contributed by atoms with Gasteiger partial charge in [0, 0.05) is 23.6 Å². The minimum Gasteiger partial charge on any atom is -0.329 e. The molecule has 0 aliphatic heterocycles. The first-order valence-electron chi connectivity index (χ1n) is 6.85. The molecule has 0 aromatic heterocycles. The number of halogens is 1. The van der Waals surface area contributed by atoms with E-state index in [0.717, 1.165) is 12.5 Å². The van der Waals surface area contributed by atoms with Crippen LogP contribution >= 0.6 is 15.9 Å². The van der Waals surface area contributed by atoms with Gasteiger partial charge in [0.15, 0.2) is 0 Å². The van der Waals surface area contributed by atoms with Crippen LogP contribution in [0.1, 0.15) is 36.9 Å². The predicted octanol–water partition coefficient (Wildman–Crippen LogP) is 3.49. The molecule has 2 rings (SSSR count). The number of nitrogens with zero attached hydrogens (tertiary/aromatic N) is 1. The molecule has 2 N–H and O–H groups in total. The Morgan fingerprint density at radius 2 is 2.17 bits per heavy atom. The van der Waals surface area contributed by atoms with Crippen molar-refractivity contribution in [2.24, 2.45) is 11.7 Å². The minimum absolute atomic E-state index is 0.354. The lowest BCUT2D eigenvalue weighted by Gasteiger charge is -2.30. The monoisotopic (exact) mass is 310 g/mol. The summed E-state index contributed by atoms with van der Waals surface area (Å²) in [5, 5.41) is 0. The largest absolute Gasteiger partial charge is 0.329 e. The maximum atomic E-state index is 6.01. The number of hydrogen-bond acceptors (Lipinski definition) is 2. The summed E-state index contributed by atoms with van der Waals surface area (Å²) in [6.45, 7) is 7.31. The molecule has 1 aliphatic rings. The number of likely N-dealkylation sites (N-methyl/N-ethyl adjacent to an activating group) is 1. The fourth-order valence-electron chi connectivity index (χ4n) is 2.42. The van der Waals surface area contributed by atoms with Crippen molar-refractivity contribution in [1.29, 1.82) is 0 Å². The van der Waals surface area contributed by atoms with Crippen LogP contribution in [-0.2, 0) is 0 Å². The van der Waals surface area contributed by atoms with Gasteiger partial charge in [-0.25, -0.2) is 0 Å². The van der Waals surface area contributed by atoms with Crippen LogP contribution in [0.15, 0.2) is 22.7 Å². The second kappa shape index (κ2) is 6.18. The quantitative estimate of drug-likeness (QED) is 0.871. The Morgan fingerprint density at radius 3 is 2.67 bits per heavy atom. The van der Waals surface area contributed by atoms with E-state index >= 15 is 0 Å². The summed E-state index contributed by atoms with van der Waals surface area (Å²) in [5.74, 6) is 0.910. The number of benzene rings is 1. The summed E-state index contributed by atoms with van der Waals surface area (Å²) in [4.78, 5) is 2.52. The van der Waals surface area contributed by atoms with E-state index in [1.807, 2.05) is 0 Å². The van der Waals surface area contributed by atoms with Crippen molar-refractivity contribution >= 4 is 15.9 Å². The second-order valence-electron chi connectivity index (χ2n) is 5.29. The third kappa shape index (κ3) is 3.34. The molecular formula is C15H23BrN2. The van der Waals surface area contributed by atoms with E-state index in [2.05, 4.69) is 52.9 Å². The summed E-state index contributed by atoms with van der Waals surface area (Å²) >= 11 is 3.62. The first-order valence-corrected chi connectivity index (χ1v) is 7.65. The highest BCUT2D eigenvalue weighted by atomic mass is 79.9. The molecule has 0 heterocycles. The molecule has 1 aliphatic carbocycles. The predicted molar refractivity (Wildman–Crippen MR) is 80.6 cm³/mol. The topological polar surface area (TPSA) is 29.3 Å². The van der Waals surface area contributed by atoms with Crippen LogP contribution in [0.2, 0.25) is 0 Å². The Bertz CT molecular complexity index is 401. The molecule has 1 saturated carbocycles. The molecular weight excluding hydrogens is 288 g/mol. The molecule has 1 aromatic carbocycles. The lowest BCUT2D eigenvalue weighted by atomic mass is 10.0. The van der Waals surface area contributed by atoms with Crippen molar-refractivity contribution in [3.05, 3.63) is 33.8 Å². The van der Waals surface area contributed by atoms with E-state index in [-0.39, 0.29) is 0 Å². The molecule has 0 amide bonds. The van der Waals surface area contributed by atoms with Gasteiger partial charge in [-0.2, -0.15) is 0 Å². The van der Waals surface area contributed by atoms with Crippen molar-refractivity contribution in [1.82, 2.24) is 4.90 Å². The van der Waals surface area contributed by atoms with Crippen molar-refractivity contribution in [3.63, 3.8) is 0 Å². The highest BCUT2D eigenvalue weighted by molar-refractivity contribution is 9.10. The Morgan fingerprint density at radius 1 is 1.44 bits per heavy atom. The van der Waals surface area contributed by atoms with Crippen LogP contribution in [0.3, 0.4) is 0 Å². The molecule has 3 heteroatoms. The van der Waals surface area contributed by atoms with E-state index < -0.39 is 0 Å². The third-order valence-corrected chi connectivity index (χ3v) is 4.69. The summed E-state index contributed by atoms with van der Waals surface area (Å²) < 4.78 is 1.18. The van der Waals surface area contributed by atoms with Gasteiger partial charge in [-0.05, 0) is 49.4 Å². The molecule has 1 fully saturated rings. The molecule has 1 aromatic rings. The second-order valence-corrected chi connectivity index (χ2v) is 6.15. The van der Waals surface area contributed by atoms with E-state index in [9.17, 15) is 0 Å². The highest BCUT2D eigenvalue weighted by Gasteiger charge is 2.27. The van der Waals surface area contributed by atoms with Crippen LogP contribution in [-0.4, -0.2) is 24.5 Å². The van der Waals surface area contributed by atoms with Crippen LogP contribution in [0.4, 0.5) is 0 Å². The van der Waals surface area contributed by atoms with Crippen LogP contribution in [0.5, 0.6) is 0 Å². The summed E-state index contributed by atoms with van der Waals surface area (Å²) in [5.41, 5.74) is 8.62. The van der Waals surface area contributed by atoms with Gasteiger partial charge in [0.05, 0.1) is 0 Å². The number of aryl methyl sites for hydroxylation is 1. The van der Waals surface area contributed by atoms with Crippen LogP contribution < -0.4 is 5.73 Å². The minimum atomic E-state index is 0.354. The van der Waals surface area contributed by atoms with E-state index in [0.29, 0.717) is 12.6 Å². The van der Waals surface area contributed by atoms with E-state index in [1.54, 1.807) is 0 Å². The third-order valence-electron chi connectivity index (χ3n) is 3.84. The standard InChI is InChI=1S/C15H23BrN2/c1-3-18(10-12-5-6-12)15(9-17)13-7-4-11(2)14(16)8-13/h4,7-8,12,15H,3,5-6,9-10,17H2,1-2H3. The van der Waals surface area contributed by atoms with Gasteiger partial charge in [-0.1, -0.05) is 35.0 Å². The lowest BCUT2D eigenvalue weighted by molar-refractivity contribution is 0.203. The molecule has 18 heavy (non-hydrogen) atoms. The van der Waals surface area contributed by atoms with Crippen molar-refractivity contribution in [2.75, 3.05) is 19.6 Å². The van der Waals surface area contributed by atoms with Crippen molar-refractivity contribution in [2.45, 2.75) is 32.7 Å². The number of hydrogen-bond donors (Lipinski definition) is 1. The molecule has 0 spiro atoms. The average Bonchev–Trinajstić information content (AvgIpc) is 3.17. The number of nitrogens with two attached hydrogens (primary N) is 1. The van der Waals surface area contributed by atoms with Crippen molar-refractivity contribution < 1.29 is 0 Å². The van der Waals surface area contributed by atoms with Crippen molar-refractivity contribution in [3.8, 4) is 0 Å². The van der Waals surface area contributed by atoms with Crippen LogP contribution in [0, 0.1) is 12.8 Å². The van der Waals surface area contributed by atoms with Gasteiger partial charge in [-0.3, -0.25) is 4.90 Å². The SMILES string of the molecule is CCN(CC1CC1)C(CN)c1ccc(C)c(Br)c1. The first kappa shape index (κ1) is 14.0. The number of rotatable bonds is 6. The molecule has 100 valence electrons. The average molecular weight is 311 g/mol.